The molecule has 1 aliphatic heterocycles. The minimum atomic E-state index is -0.451. The molecular formula is C13H17ClN2O3. The van der Waals surface area contributed by atoms with Crippen molar-refractivity contribution in [2.45, 2.75) is 25.9 Å². The van der Waals surface area contributed by atoms with Crippen LogP contribution in [0.1, 0.15) is 19.8 Å². The second-order valence-corrected chi connectivity index (χ2v) is 5.08. The summed E-state index contributed by atoms with van der Waals surface area (Å²) in [5.74, 6) is 0.469. The van der Waals surface area contributed by atoms with E-state index in [1.165, 1.54) is 12.1 Å². The molecular weight excluding hydrogens is 268 g/mol. The van der Waals surface area contributed by atoms with Crippen LogP contribution in [0, 0.1) is 16.0 Å². The number of nitro benzene ring substituents is 1. The minimum absolute atomic E-state index is 0.00573. The molecule has 0 saturated carbocycles. The molecule has 0 radical (unpaired) electrons. The second-order valence-electron chi connectivity index (χ2n) is 4.67. The maximum atomic E-state index is 10.6. The Morgan fingerprint density at radius 3 is 3.00 bits per heavy atom. The number of halogens is 1. The molecule has 0 aromatic heterocycles. The first kappa shape index (κ1) is 14.1. The molecule has 0 spiro atoms. The van der Waals surface area contributed by atoms with Gasteiger partial charge in [-0.15, -0.1) is 0 Å². The van der Waals surface area contributed by atoms with Crippen LogP contribution in [0.5, 0.6) is 0 Å². The quantitative estimate of drug-likeness (QED) is 0.664. The Balaban J connectivity index is 1.98. The number of hydrogen-bond donors (Lipinski definition) is 1. The van der Waals surface area contributed by atoms with Crippen LogP contribution in [0.25, 0.3) is 0 Å². The van der Waals surface area contributed by atoms with Crippen molar-refractivity contribution >= 4 is 23.0 Å². The van der Waals surface area contributed by atoms with E-state index in [1.54, 1.807) is 6.07 Å². The first-order valence-corrected chi connectivity index (χ1v) is 6.79. The Labute approximate surface area is 117 Å². The maximum absolute atomic E-state index is 10.6. The van der Waals surface area contributed by atoms with Crippen LogP contribution in [-0.2, 0) is 4.74 Å². The molecule has 0 aliphatic carbocycles. The summed E-state index contributed by atoms with van der Waals surface area (Å²) in [5.41, 5.74) is 0.736. The smallest absolute Gasteiger partial charge is 0.271 e. The third-order valence-electron chi connectivity index (χ3n) is 3.47. The van der Waals surface area contributed by atoms with Crippen molar-refractivity contribution in [3.63, 3.8) is 0 Å². The SMILES string of the molecule is CCC1OCCC1CNc1ccc([N+](=O)[O-])cc1Cl. The maximum Gasteiger partial charge on any atom is 0.271 e. The van der Waals surface area contributed by atoms with Crippen molar-refractivity contribution in [2.24, 2.45) is 5.92 Å². The standard InChI is InChI=1S/C13H17ClN2O3/c1-2-13-9(5-6-19-13)8-15-12-4-3-10(16(17)18)7-11(12)14/h3-4,7,9,13,15H,2,5-6,8H2,1H3. The number of non-ortho nitro benzene ring substituents is 1. The van der Waals surface area contributed by atoms with Gasteiger partial charge in [-0.05, 0) is 18.9 Å². The number of nitrogens with one attached hydrogen (secondary N) is 1. The fourth-order valence-corrected chi connectivity index (χ4v) is 2.62. The monoisotopic (exact) mass is 284 g/mol. The van der Waals surface area contributed by atoms with Gasteiger partial charge in [-0.25, -0.2) is 0 Å². The largest absolute Gasteiger partial charge is 0.383 e. The van der Waals surface area contributed by atoms with Crippen LogP contribution in [0.15, 0.2) is 18.2 Å². The Morgan fingerprint density at radius 2 is 2.37 bits per heavy atom. The van der Waals surface area contributed by atoms with E-state index in [0.29, 0.717) is 17.0 Å². The summed E-state index contributed by atoms with van der Waals surface area (Å²) < 4.78 is 5.62. The number of rotatable bonds is 5. The van der Waals surface area contributed by atoms with Gasteiger partial charge in [0.05, 0.1) is 21.7 Å². The molecule has 6 heteroatoms. The van der Waals surface area contributed by atoms with Gasteiger partial charge in [-0.3, -0.25) is 10.1 Å². The molecule has 1 fully saturated rings. The summed E-state index contributed by atoms with van der Waals surface area (Å²) in [4.78, 5) is 10.2. The van der Waals surface area contributed by atoms with E-state index < -0.39 is 4.92 Å². The lowest BCUT2D eigenvalue weighted by atomic mass is 9.99. The fourth-order valence-electron chi connectivity index (χ4n) is 2.38. The molecule has 0 amide bonds. The molecule has 0 bridgehead atoms. The molecule has 1 saturated heterocycles. The Kier molecular flexibility index (Phi) is 4.61. The van der Waals surface area contributed by atoms with E-state index in [2.05, 4.69) is 12.2 Å². The van der Waals surface area contributed by atoms with Gasteiger partial charge in [0.2, 0.25) is 0 Å². The van der Waals surface area contributed by atoms with Crippen LogP contribution in [0.3, 0.4) is 0 Å². The topological polar surface area (TPSA) is 64.4 Å². The van der Waals surface area contributed by atoms with Gasteiger partial charge in [0.25, 0.3) is 5.69 Å². The van der Waals surface area contributed by atoms with Gasteiger partial charge < -0.3 is 10.1 Å². The minimum Gasteiger partial charge on any atom is -0.383 e. The van der Waals surface area contributed by atoms with Crippen molar-refractivity contribution < 1.29 is 9.66 Å². The van der Waals surface area contributed by atoms with E-state index in [9.17, 15) is 10.1 Å². The molecule has 5 nitrogen and oxygen atoms in total. The molecule has 1 aromatic rings. The van der Waals surface area contributed by atoms with E-state index in [1.807, 2.05) is 0 Å². The van der Waals surface area contributed by atoms with E-state index in [0.717, 1.165) is 31.7 Å². The number of nitrogens with zero attached hydrogens (tertiary/aromatic N) is 1. The molecule has 1 aromatic carbocycles. The van der Waals surface area contributed by atoms with E-state index in [-0.39, 0.29) is 5.69 Å². The number of ether oxygens (including phenoxy) is 1. The van der Waals surface area contributed by atoms with Crippen molar-refractivity contribution in [3.05, 3.63) is 33.3 Å². The average molecular weight is 285 g/mol. The zero-order chi connectivity index (χ0) is 13.8. The number of benzene rings is 1. The van der Waals surface area contributed by atoms with Gasteiger partial charge in [-0.2, -0.15) is 0 Å². The number of hydrogen-bond acceptors (Lipinski definition) is 4. The molecule has 2 unspecified atom stereocenters. The van der Waals surface area contributed by atoms with E-state index >= 15 is 0 Å². The molecule has 1 aliphatic rings. The lowest BCUT2D eigenvalue weighted by molar-refractivity contribution is -0.384. The van der Waals surface area contributed by atoms with Crippen LogP contribution >= 0.6 is 11.6 Å². The van der Waals surface area contributed by atoms with Crippen molar-refractivity contribution in [1.82, 2.24) is 0 Å². The zero-order valence-electron chi connectivity index (χ0n) is 10.8. The normalized spacial score (nSPS) is 22.4. The first-order chi connectivity index (χ1) is 9.11. The zero-order valence-corrected chi connectivity index (χ0v) is 11.5. The summed E-state index contributed by atoms with van der Waals surface area (Å²) >= 11 is 6.03. The average Bonchev–Trinajstić information content (AvgIpc) is 2.84. The molecule has 2 atom stereocenters. The summed E-state index contributed by atoms with van der Waals surface area (Å²) in [6.07, 6.45) is 2.33. The highest BCUT2D eigenvalue weighted by Gasteiger charge is 2.26. The highest BCUT2D eigenvalue weighted by molar-refractivity contribution is 6.33. The third-order valence-corrected chi connectivity index (χ3v) is 3.78. The van der Waals surface area contributed by atoms with Gasteiger partial charge in [0.1, 0.15) is 0 Å². The van der Waals surface area contributed by atoms with Gasteiger partial charge in [0.15, 0.2) is 0 Å². The van der Waals surface area contributed by atoms with Gasteiger partial charge in [-0.1, -0.05) is 18.5 Å². The van der Waals surface area contributed by atoms with Gasteiger partial charge in [0, 0.05) is 31.2 Å². The molecule has 104 valence electrons. The molecule has 1 heterocycles. The Morgan fingerprint density at radius 1 is 1.58 bits per heavy atom. The summed E-state index contributed by atoms with van der Waals surface area (Å²) in [5, 5.41) is 14.3. The van der Waals surface area contributed by atoms with Crippen molar-refractivity contribution in [2.75, 3.05) is 18.5 Å². The second kappa shape index (κ2) is 6.21. The lowest BCUT2D eigenvalue weighted by Gasteiger charge is -2.18. The van der Waals surface area contributed by atoms with E-state index in [4.69, 9.17) is 16.3 Å². The number of nitro groups is 1. The predicted molar refractivity (Wildman–Crippen MR) is 74.7 cm³/mol. The third kappa shape index (κ3) is 3.36. The first-order valence-electron chi connectivity index (χ1n) is 6.41. The summed E-state index contributed by atoms with van der Waals surface area (Å²) in [7, 11) is 0. The predicted octanol–water partition coefficient (Wildman–Crippen LogP) is 3.48. The fraction of sp³-hybridized carbons (Fsp3) is 0.538. The Hall–Kier alpha value is -1.33. The van der Waals surface area contributed by atoms with Crippen LogP contribution in [0.2, 0.25) is 5.02 Å². The molecule has 19 heavy (non-hydrogen) atoms. The lowest BCUT2D eigenvalue weighted by Crippen LogP contribution is -2.22. The van der Waals surface area contributed by atoms with Gasteiger partial charge >= 0.3 is 0 Å². The molecule has 1 N–H and O–H groups in total. The highest BCUT2D eigenvalue weighted by atomic mass is 35.5. The van der Waals surface area contributed by atoms with Crippen LogP contribution in [-0.4, -0.2) is 24.2 Å². The van der Waals surface area contributed by atoms with Crippen LogP contribution in [0.4, 0.5) is 11.4 Å². The Bertz CT molecular complexity index is 467. The highest BCUT2D eigenvalue weighted by Crippen LogP contribution is 2.28. The molecule has 2 rings (SSSR count). The summed E-state index contributed by atoms with van der Waals surface area (Å²) in [6.45, 7) is 3.69. The van der Waals surface area contributed by atoms with Crippen molar-refractivity contribution in [1.29, 1.82) is 0 Å². The van der Waals surface area contributed by atoms with Crippen molar-refractivity contribution in [3.8, 4) is 0 Å². The van der Waals surface area contributed by atoms with Crippen LogP contribution < -0.4 is 5.32 Å². The number of anilines is 1. The summed E-state index contributed by atoms with van der Waals surface area (Å²) in [6, 6.07) is 4.47.